The van der Waals surface area contributed by atoms with Crippen molar-refractivity contribution in [2.75, 3.05) is 12.4 Å². The molecule has 2 atom stereocenters. The number of rotatable bonds is 7. The number of carbonyl (C=O) groups excluding carboxylic acids is 4. The molecule has 202 valence electrons. The molecule has 2 fully saturated rings. The summed E-state index contributed by atoms with van der Waals surface area (Å²) in [6.45, 7) is 1.96. The van der Waals surface area contributed by atoms with Crippen LogP contribution >= 0.6 is 11.3 Å². The van der Waals surface area contributed by atoms with Crippen LogP contribution in [0.15, 0.2) is 24.3 Å². The van der Waals surface area contributed by atoms with Crippen molar-refractivity contribution in [3.63, 3.8) is 0 Å². The number of imide groups is 1. The molecule has 1 aliphatic carbocycles. The van der Waals surface area contributed by atoms with Gasteiger partial charge in [0.15, 0.2) is 5.75 Å². The molecule has 39 heavy (non-hydrogen) atoms. The van der Waals surface area contributed by atoms with Crippen molar-refractivity contribution in [2.24, 2.45) is 0 Å². The zero-order valence-corrected chi connectivity index (χ0v) is 22.1. The number of fused-ring (bicyclic) bond motifs is 2. The number of amides is 5. The van der Waals surface area contributed by atoms with Crippen molar-refractivity contribution in [1.29, 1.82) is 0 Å². The van der Waals surface area contributed by atoms with E-state index in [4.69, 9.17) is 14.5 Å². The topological polar surface area (TPSA) is 152 Å². The molecule has 5 amide bonds. The zero-order valence-electron chi connectivity index (χ0n) is 21.3. The number of pyridine rings is 1. The second-order valence-electron chi connectivity index (χ2n) is 9.75. The van der Waals surface area contributed by atoms with Crippen molar-refractivity contribution in [1.82, 2.24) is 25.5 Å². The molecule has 6 rings (SSSR count). The number of piperidine rings is 1. The number of methoxy groups -OCH3 is 1. The predicted octanol–water partition coefficient (Wildman–Crippen LogP) is 2.88. The molecule has 3 aromatic rings. The third-order valence-electron chi connectivity index (χ3n) is 6.84. The Balaban J connectivity index is 1.12. The van der Waals surface area contributed by atoms with E-state index in [0.717, 1.165) is 23.1 Å². The van der Waals surface area contributed by atoms with E-state index in [1.54, 1.807) is 19.2 Å². The molecule has 1 saturated carbocycles. The third kappa shape index (κ3) is 4.97. The standard InChI is InChI=1S/C26H26N6O6S/c1-12(24-31-22-18(38-13-3-4-13)9-14(37-2)10-19(22)39-24)27-26(36)29-20-7-5-15-16(28-20)11-32(25(15)35)17-6-8-21(33)30-23(17)34/h5,7,9-10,12-13,17H,3-4,6,8,11H2,1-2H3,(H,30,33,34)(H2,27,28,29,36). The summed E-state index contributed by atoms with van der Waals surface area (Å²) in [4.78, 5) is 59.9. The quantitative estimate of drug-likeness (QED) is 0.380. The number of hydrogen-bond acceptors (Lipinski definition) is 9. The second-order valence-corrected chi connectivity index (χ2v) is 10.8. The number of aromatic nitrogens is 2. The molecule has 12 nitrogen and oxygen atoms in total. The largest absolute Gasteiger partial charge is 0.497 e. The summed E-state index contributed by atoms with van der Waals surface area (Å²) >= 11 is 1.45. The average Bonchev–Trinajstić information content (AvgIpc) is 3.51. The maximum Gasteiger partial charge on any atom is 0.320 e. The van der Waals surface area contributed by atoms with E-state index < -0.39 is 24.0 Å². The molecule has 13 heteroatoms. The van der Waals surface area contributed by atoms with Gasteiger partial charge in [-0.05, 0) is 44.4 Å². The van der Waals surface area contributed by atoms with Crippen LogP contribution in [-0.4, -0.2) is 57.9 Å². The maximum atomic E-state index is 12.9. The van der Waals surface area contributed by atoms with Crippen LogP contribution in [0.3, 0.4) is 0 Å². The number of nitrogens with one attached hydrogen (secondary N) is 3. The number of thiazole rings is 1. The fourth-order valence-electron chi connectivity index (χ4n) is 4.67. The summed E-state index contributed by atoms with van der Waals surface area (Å²) < 4.78 is 12.3. The highest BCUT2D eigenvalue weighted by Crippen LogP contribution is 2.39. The number of benzene rings is 1. The highest BCUT2D eigenvalue weighted by molar-refractivity contribution is 7.18. The van der Waals surface area contributed by atoms with Crippen molar-refractivity contribution in [3.05, 3.63) is 40.5 Å². The first-order chi connectivity index (χ1) is 18.8. The van der Waals surface area contributed by atoms with Crippen molar-refractivity contribution >= 4 is 51.1 Å². The van der Waals surface area contributed by atoms with Crippen LogP contribution in [0.25, 0.3) is 10.2 Å². The van der Waals surface area contributed by atoms with Crippen molar-refractivity contribution in [3.8, 4) is 11.5 Å². The number of urea groups is 1. The Morgan fingerprint density at radius 1 is 1.18 bits per heavy atom. The van der Waals surface area contributed by atoms with E-state index in [0.29, 0.717) is 27.8 Å². The number of nitrogens with zero attached hydrogens (tertiary/aromatic N) is 3. The van der Waals surface area contributed by atoms with Crippen molar-refractivity contribution in [2.45, 2.75) is 57.3 Å². The van der Waals surface area contributed by atoms with E-state index in [2.05, 4.69) is 20.9 Å². The van der Waals surface area contributed by atoms with E-state index in [9.17, 15) is 19.2 Å². The van der Waals surface area contributed by atoms with E-state index >= 15 is 0 Å². The first kappa shape index (κ1) is 25.0. The number of anilines is 1. The maximum absolute atomic E-state index is 12.9. The lowest BCUT2D eigenvalue weighted by Crippen LogP contribution is -2.52. The van der Waals surface area contributed by atoms with Gasteiger partial charge in [-0.2, -0.15) is 0 Å². The van der Waals surface area contributed by atoms with Gasteiger partial charge in [-0.15, -0.1) is 11.3 Å². The molecule has 0 bridgehead atoms. The van der Waals surface area contributed by atoms with Gasteiger partial charge in [0.1, 0.15) is 28.1 Å². The highest BCUT2D eigenvalue weighted by atomic mass is 32.1. The molecule has 3 aliphatic rings. The molecule has 0 spiro atoms. The highest BCUT2D eigenvalue weighted by Gasteiger charge is 2.39. The van der Waals surface area contributed by atoms with Gasteiger partial charge in [0, 0.05) is 12.5 Å². The Bertz CT molecular complexity index is 1520. The van der Waals surface area contributed by atoms with Gasteiger partial charge in [0.2, 0.25) is 11.8 Å². The van der Waals surface area contributed by atoms with Gasteiger partial charge in [-0.3, -0.25) is 25.0 Å². The average molecular weight is 551 g/mol. The fraction of sp³-hybridized carbons (Fsp3) is 0.385. The smallest absolute Gasteiger partial charge is 0.320 e. The molecule has 1 saturated heterocycles. The normalized spacial score (nSPS) is 19.5. The van der Waals surface area contributed by atoms with Crippen LogP contribution in [0.1, 0.15) is 59.7 Å². The minimum Gasteiger partial charge on any atom is -0.497 e. The van der Waals surface area contributed by atoms with Crippen molar-refractivity contribution < 1.29 is 28.7 Å². The lowest BCUT2D eigenvalue weighted by molar-refractivity contribution is -0.136. The van der Waals surface area contributed by atoms with Crippen LogP contribution in [-0.2, 0) is 16.1 Å². The van der Waals surface area contributed by atoms with Gasteiger partial charge in [-0.1, -0.05) is 0 Å². The summed E-state index contributed by atoms with van der Waals surface area (Å²) in [5.41, 5.74) is 1.56. The monoisotopic (exact) mass is 550 g/mol. The predicted molar refractivity (Wildman–Crippen MR) is 141 cm³/mol. The lowest BCUT2D eigenvalue weighted by Gasteiger charge is -2.29. The molecule has 2 unspecified atom stereocenters. The molecular weight excluding hydrogens is 524 g/mol. The lowest BCUT2D eigenvalue weighted by atomic mass is 10.0. The minimum absolute atomic E-state index is 0.119. The summed E-state index contributed by atoms with van der Waals surface area (Å²) in [5, 5.41) is 8.57. The fourth-order valence-corrected chi connectivity index (χ4v) is 5.68. The summed E-state index contributed by atoms with van der Waals surface area (Å²) in [7, 11) is 1.61. The Hall–Kier alpha value is -4.26. The van der Waals surface area contributed by atoms with E-state index in [-0.39, 0.29) is 43.1 Å². The molecule has 3 N–H and O–H groups in total. The zero-order chi connectivity index (χ0) is 27.3. The molecule has 0 radical (unpaired) electrons. The number of hydrogen-bond donors (Lipinski definition) is 3. The summed E-state index contributed by atoms with van der Waals surface area (Å²) in [6.07, 6.45) is 2.69. The van der Waals surface area contributed by atoms with Gasteiger partial charge in [0.05, 0.1) is 41.8 Å². The molecule has 2 aromatic heterocycles. The Morgan fingerprint density at radius 2 is 2.00 bits per heavy atom. The number of carbonyl (C=O) groups is 4. The molecular formula is C26H26N6O6S. The number of ether oxygens (including phenoxy) is 2. The Morgan fingerprint density at radius 3 is 2.74 bits per heavy atom. The first-order valence-corrected chi connectivity index (χ1v) is 13.5. The van der Waals surface area contributed by atoms with Gasteiger partial charge in [-0.25, -0.2) is 14.8 Å². The molecule has 2 aliphatic heterocycles. The van der Waals surface area contributed by atoms with Crippen LogP contribution in [0.4, 0.5) is 10.6 Å². The summed E-state index contributed by atoms with van der Waals surface area (Å²) in [5.74, 6) is 0.472. The van der Waals surface area contributed by atoms with E-state index in [1.165, 1.54) is 16.2 Å². The Kier molecular flexibility index (Phi) is 6.29. The van der Waals surface area contributed by atoms with Gasteiger partial charge in [0.25, 0.3) is 5.91 Å². The molecule has 4 heterocycles. The first-order valence-electron chi connectivity index (χ1n) is 12.7. The minimum atomic E-state index is -0.728. The van der Waals surface area contributed by atoms with E-state index in [1.807, 2.05) is 19.1 Å². The van der Waals surface area contributed by atoms with Gasteiger partial charge >= 0.3 is 6.03 Å². The van der Waals surface area contributed by atoms with Crippen LogP contribution in [0.5, 0.6) is 11.5 Å². The van der Waals surface area contributed by atoms with Crippen LogP contribution < -0.4 is 25.4 Å². The van der Waals surface area contributed by atoms with Gasteiger partial charge < -0.3 is 19.7 Å². The van der Waals surface area contributed by atoms with Crippen LogP contribution in [0, 0.1) is 0 Å². The summed E-state index contributed by atoms with van der Waals surface area (Å²) in [6, 6.07) is 5.25. The second kappa shape index (κ2) is 9.80. The Labute approximate surface area is 227 Å². The molecule has 1 aromatic carbocycles. The van der Waals surface area contributed by atoms with Crippen LogP contribution in [0.2, 0.25) is 0 Å². The SMILES string of the molecule is COc1cc(OC2CC2)c2nc(C(C)NC(=O)Nc3ccc4c(n3)CN(C3CCC(=O)NC3=O)C4=O)sc2c1. The third-order valence-corrected chi connectivity index (χ3v) is 8.02.